The summed E-state index contributed by atoms with van der Waals surface area (Å²) in [4.78, 5) is 19.6. The number of thiazole rings is 1. The third-order valence-electron chi connectivity index (χ3n) is 5.54. The zero-order valence-corrected chi connectivity index (χ0v) is 17.8. The van der Waals surface area contributed by atoms with E-state index >= 15 is 0 Å². The van der Waals surface area contributed by atoms with Crippen LogP contribution in [0.5, 0.6) is 5.75 Å². The van der Waals surface area contributed by atoms with Crippen LogP contribution < -0.4 is 15.0 Å². The summed E-state index contributed by atoms with van der Waals surface area (Å²) < 4.78 is 6.41. The number of aryl methyl sites for hydroxylation is 1. The number of nitrogens with one attached hydrogen (secondary N) is 1. The number of ether oxygens (including phenoxy) is 1. The molecule has 1 amide bonds. The van der Waals surface area contributed by atoms with Crippen LogP contribution in [-0.4, -0.2) is 37.6 Å². The van der Waals surface area contributed by atoms with Gasteiger partial charge in [-0.3, -0.25) is 4.79 Å². The number of benzene rings is 2. The number of aromatic nitrogens is 1. The van der Waals surface area contributed by atoms with Crippen molar-refractivity contribution in [1.82, 2.24) is 10.3 Å². The Morgan fingerprint density at radius 1 is 1.21 bits per heavy atom. The second kappa shape index (κ2) is 8.82. The molecule has 4 rings (SSSR count). The first-order valence-corrected chi connectivity index (χ1v) is 11.0. The highest BCUT2D eigenvalue weighted by Gasteiger charge is 2.26. The molecule has 29 heavy (non-hydrogen) atoms. The fourth-order valence-corrected chi connectivity index (χ4v) is 4.87. The summed E-state index contributed by atoms with van der Waals surface area (Å²) in [5.74, 6) is 1.13. The van der Waals surface area contributed by atoms with Crippen molar-refractivity contribution in [2.24, 2.45) is 5.92 Å². The molecule has 0 spiro atoms. The van der Waals surface area contributed by atoms with E-state index in [1.54, 1.807) is 18.4 Å². The lowest BCUT2D eigenvalue weighted by molar-refractivity contribution is -0.125. The molecule has 2 heterocycles. The van der Waals surface area contributed by atoms with Crippen molar-refractivity contribution in [2.75, 3.05) is 31.6 Å². The number of hydrogen-bond acceptors (Lipinski definition) is 5. The lowest BCUT2D eigenvalue weighted by Crippen LogP contribution is -2.41. The van der Waals surface area contributed by atoms with Crippen molar-refractivity contribution in [3.63, 3.8) is 0 Å². The summed E-state index contributed by atoms with van der Waals surface area (Å²) >= 11 is 1.75. The van der Waals surface area contributed by atoms with Gasteiger partial charge in [0.2, 0.25) is 5.91 Å². The van der Waals surface area contributed by atoms with Crippen LogP contribution in [0.3, 0.4) is 0 Å². The van der Waals surface area contributed by atoms with Crippen LogP contribution in [0.15, 0.2) is 42.5 Å². The van der Waals surface area contributed by atoms with Gasteiger partial charge in [0.1, 0.15) is 5.75 Å². The van der Waals surface area contributed by atoms with Crippen molar-refractivity contribution < 1.29 is 9.53 Å². The second-order valence-electron chi connectivity index (χ2n) is 7.62. The Bertz CT molecular complexity index is 975. The van der Waals surface area contributed by atoms with Crippen LogP contribution in [-0.2, 0) is 11.2 Å². The third-order valence-corrected chi connectivity index (χ3v) is 6.62. The van der Waals surface area contributed by atoms with Gasteiger partial charge in [0.25, 0.3) is 0 Å². The Labute approximate surface area is 175 Å². The average molecular weight is 410 g/mol. The lowest BCUT2D eigenvalue weighted by atomic mass is 9.96. The van der Waals surface area contributed by atoms with E-state index in [9.17, 15) is 4.79 Å². The van der Waals surface area contributed by atoms with Crippen LogP contribution in [0.4, 0.5) is 5.13 Å². The van der Waals surface area contributed by atoms with Gasteiger partial charge in [-0.05, 0) is 61.6 Å². The molecule has 3 aromatic rings. The highest BCUT2D eigenvalue weighted by molar-refractivity contribution is 7.22. The van der Waals surface area contributed by atoms with Crippen molar-refractivity contribution in [3.05, 3.63) is 53.6 Å². The Morgan fingerprint density at radius 2 is 1.97 bits per heavy atom. The van der Waals surface area contributed by atoms with E-state index in [0.29, 0.717) is 6.54 Å². The number of carbonyl (C=O) groups is 1. The molecule has 0 unspecified atom stereocenters. The first-order chi connectivity index (χ1) is 14.1. The van der Waals surface area contributed by atoms with Gasteiger partial charge in [-0.2, -0.15) is 0 Å². The smallest absolute Gasteiger partial charge is 0.223 e. The van der Waals surface area contributed by atoms with Crippen molar-refractivity contribution >= 4 is 32.6 Å². The number of anilines is 1. The Morgan fingerprint density at radius 3 is 2.69 bits per heavy atom. The summed E-state index contributed by atoms with van der Waals surface area (Å²) in [6.45, 7) is 4.55. The first kappa shape index (κ1) is 19.7. The minimum Gasteiger partial charge on any atom is -0.497 e. The molecule has 1 fully saturated rings. The highest BCUT2D eigenvalue weighted by Crippen LogP contribution is 2.32. The average Bonchev–Trinajstić information content (AvgIpc) is 3.17. The highest BCUT2D eigenvalue weighted by atomic mass is 32.1. The fraction of sp³-hybridized carbons (Fsp3) is 0.391. The van der Waals surface area contributed by atoms with Gasteiger partial charge in [-0.1, -0.05) is 29.5 Å². The van der Waals surface area contributed by atoms with Gasteiger partial charge < -0.3 is 15.0 Å². The molecule has 1 aliphatic rings. The number of rotatable bonds is 6. The standard InChI is InChI=1S/C23H27N3O2S/c1-16-3-8-20-21(15-16)29-23(25-20)26-13-10-18(11-14-26)22(27)24-12-9-17-4-6-19(28-2)7-5-17/h3-8,15,18H,9-14H2,1-2H3,(H,24,27). The predicted molar refractivity (Wildman–Crippen MR) is 119 cm³/mol. The van der Waals surface area contributed by atoms with E-state index in [1.165, 1.54) is 15.8 Å². The van der Waals surface area contributed by atoms with E-state index in [0.717, 1.165) is 48.7 Å². The minimum atomic E-state index is 0.0961. The summed E-state index contributed by atoms with van der Waals surface area (Å²) in [5.41, 5.74) is 3.53. The van der Waals surface area contributed by atoms with Crippen LogP contribution in [0.25, 0.3) is 10.2 Å². The van der Waals surface area contributed by atoms with Crippen LogP contribution in [0.1, 0.15) is 24.0 Å². The molecular formula is C23H27N3O2S. The van der Waals surface area contributed by atoms with Gasteiger partial charge in [0.15, 0.2) is 5.13 Å². The maximum absolute atomic E-state index is 12.5. The van der Waals surface area contributed by atoms with Gasteiger partial charge in [-0.25, -0.2) is 4.98 Å². The van der Waals surface area contributed by atoms with Gasteiger partial charge in [0, 0.05) is 25.6 Å². The number of nitrogens with zero attached hydrogens (tertiary/aromatic N) is 2. The number of piperidine rings is 1. The number of carbonyl (C=O) groups excluding carboxylic acids is 1. The predicted octanol–water partition coefficient (Wildman–Crippen LogP) is 4.19. The zero-order chi connectivity index (χ0) is 20.2. The van der Waals surface area contributed by atoms with Crippen LogP contribution in [0, 0.1) is 12.8 Å². The van der Waals surface area contributed by atoms with Crippen LogP contribution >= 0.6 is 11.3 Å². The van der Waals surface area contributed by atoms with E-state index in [-0.39, 0.29) is 11.8 Å². The lowest BCUT2D eigenvalue weighted by Gasteiger charge is -2.31. The number of hydrogen-bond donors (Lipinski definition) is 1. The van der Waals surface area contributed by atoms with E-state index in [4.69, 9.17) is 9.72 Å². The SMILES string of the molecule is COc1ccc(CCNC(=O)C2CCN(c3nc4ccc(C)cc4s3)CC2)cc1. The Hall–Kier alpha value is -2.60. The minimum absolute atomic E-state index is 0.0961. The summed E-state index contributed by atoms with van der Waals surface area (Å²) in [6, 6.07) is 14.4. The summed E-state index contributed by atoms with van der Waals surface area (Å²) in [7, 11) is 1.66. The second-order valence-corrected chi connectivity index (χ2v) is 8.63. The van der Waals surface area contributed by atoms with Gasteiger partial charge in [0.05, 0.1) is 17.3 Å². The molecule has 1 aromatic heterocycles. The number of methoxy groups -OCH3 is 1. The van der Waals surface area contributed by atoms with Crippen LogP contribution in [0.2, 0.25) is 0 Å². The molecule has 0 aliphatic carbocycles. The molecular weight excluding hydrogens is 382 g/mol. The van der Waals surface area contributed by atoms with E-state index in [2.05, 4.69) is 35.3 Å². The fourth-order valence-electron chi connectivity index (χ4n) is 3.75. The zero-order valence-electron chi connectivity index (χ0n) is 17.0. The monoisotopic (exact) mass is 409 g/mol. The Balaban J connectivity index is 1.25. The maximum Gasteiger partial charge on any atom is 0.223 e. The molecule has 1 saturated heterocycles. The first-order valence-electron chi connectivity index (χ1n) is 10.1. The van der Waals surface area contributed by atoms with Crippen molar-refractivity contribution in [2.45, 2.75) is 26.2 Å². The van der Waals surface area contributed by atoms with Gasteiger partial charge >= 0.3 is 0 Å². The van der Waals surface area contributed by atoms with Crippen molar-refractivity contribution in [3.8, 4) is 5.75 Å². The van der Waals surface area contributed by atoms with E-state index in [1.807, 2.05) is 24.3 Å². The van der Waals surface area contributed by atoms with E-state index < -0.39 is 0 Å². The molecule has 0 saturated carbocycles. The molecule has 0 bridgehead atoms. The number of amides is 1. The maximum atomic E-state index is 12.5. The molecule has 1 N–H and O–H groups in total. The van der Waals surface area contributed by atoms with Gasteiger partial charge in [-0.15, -0.1) is 0 Å². The summed E-state index contributed by atoms with van der Waals surface area (Å²) in [5, 5.41) is 4.18. The largest absolute Gasteiger partial charge is 0.497 e. The third kappa shape index (κ3) is 4.70. The number of fused-ring (bicyclic) bond motifs is 1. The molecule has 5 nitrogen and oxygen atoms in total. The molecule has 6 heteroatoms. The Kier molecular flexibility index (Phi) is 6.00. The molecule has 152 valence electrons. The molecule has 0 atom stereocenters. The topological polar surface area (TPSA) is 54.5 Å². The molecule has 0 radical (unpaired) electrons. The quantitative estimate of drug-likeness (QED) is 0.663. The van der Waals surface area contributed by atoms with Crippen molar-refractivity contribution in [1.29, 1.82) is 0 Å². The normalized spacial score (nSPS) is 14.9. The molecule has 1 aliphatic heterocycles. The molecule has 2 aromatic carbocycles. The summed E-state index contributed by atoms with van der Waals surface area (Å²) in [6.07, 6.45) is 2.59.